The quantitative estimate of drug-likeness (QED) is 0.424. The first kappa shape index (κ1) is 24.3. The van der Waals surface area contributed by atoms with Gasteiger partial charge in [-0.05, 0) is 55.8 Å². The Morgan fingerprint density at radius 3 is 2.30 bits per heavy atom. The molecule has 0 unspecified atom stereocenters. The van der Waals surface area contributed by atoms with Gasteiger partial charge in [-0.2, -0.15) is 0 Å². The fourth-order valence-electron chi connectivity index (χ4n) is 3.01. The van der Waals surface area contributed by atoms with E-state index in [4.69, 9.17) is 11.6 Å². The molecule has 0 bridgehead atoms. The number of carbonyl (C=O) groups is 2. The third-order valence-corrected chi connectivity index (χ3v) is 6.48. The lowest BCUT2D eigenvalue weighted by atomic mass is 10.1. The first-order chi connectivity index (χ1) is 15.7. The second-order valence-electron chi connectivity index (χ2n) is 7.37. The van der Waals surface area contributed by atoms with Crippen LogP contribution in [0.25, 0.3) is 0 Å². The van der Waals surface area contributed by atoms with Crippen LogP contribution in [0.4, 0.5) is 11.4 Å². The summed E-state index contributed by atoms with van der Waals surface area (Å²) in [7, 11) is -3.85. The van der Waals surface area contributed by atoms with Crippen LogP contribution in [0.3, 0.4) is 0 Å². The maximum atomic E-state index is 12.9. The molecule has 0 saturated carbocycles. The molecule has 3 aromatic rings. The molecule has 172 valence electrons. The van der Waals surface area contributed by atoms with E-state index in [1.165, 1.54) is 30.3 Å². The molecule has 2 amide bonds. The Morgan fingerprint density at radius 1 is 0.909 bits per heavy atom. The molecule has 3 aromatic carbocycles. The van der Waals surface area contributed by atoms with E-state index in [1.54, 1.807) is 36.4 Å². The van der Waals surface area contributed by atoms with Crippen molar-refractivity contribution in [3.8, 4) is 0 Å². The molecule has 33 heavy (non-hydrogen) atoms. The van der Waals surface area contributed by atoms with Gasteiger partial charge in [-0.1, -0.05) is 48.4 Å². The Kier molecular flexibility index (Phi) is 7.73. The highest BCUT2D eigenvalue weighted by Crippen LogP contribution is 2.25. The summed E-state index contributed by atoms with van der Waals surface area (Å²) in [4.78, 5) is 25.5. The first-order valence-corrected chi connectivity index (χ1v) is 12.1. The van der Waals surface area contributed by atoms with Crippen LogP contribution in [0.2, 0.25) is 5.02 Å². The summed E-state index contributed by atoms with van der Waals surface area (Å²) in [6, 6.07) is 17.3. The van der Waals surface area contributed by atoms with Gasteiger partial charge < -0.3 is 10.6 Å². The summed E-state index contributed by atoms with van der Waals surface area (Å²) >= 11 is 6.22. The van der Waals surface area contributed by atoms with Crippen molar-refractivity contribution in [3.05, 3.63) is 88.4 Å². The van der Waals surface area contributed by atoms with Crippen molar-refractivity contribution in [2.24, 2.45) is 0 Å². The lowest BCUT2D eigenvalue weighted by molar-refractivity contribution is 0.0954. The maximum absolute atomic E-state index is 12.9. The molecule has 0 saturated heterocycles. The number of carbonyl (C=O) groups excluding carboxylic acids is 2. The first-order valence-electron chi connectivity index (χ1n) is 10.3. The van der Waals surface area contributed by atoms with Crippen molar-refractivity contribution in [1.82, 2.24) is 5.32 Å². The Bertz CT molecular complexity index is 1280. The minimum absolute atomic E-state index is 0.0598. The molecule has 3 N–H and O–H groups in total. The van der Waals surface area contributed by atoms with Gasteiger partial charge in [0.05, 0.1) is 26.7 Å². The molecule has 0 heterocycles. The van der Waals surface area contributed by atoms with Crippen molar-refractivity contribution in [1.29, 1.82) is 0 Å². The topological polar surface area (TPSA) is 104 Å². The number of rotatable bonds is 8. The minimum Gasteiger partial charge on any atom is -0.352 e. The molecule has 3 rings (SSSR count). The monoisotopic (exact) mass is 485 g/mol. The minimum atomic E-state index is -3.85. The van der Waals surface area contributed by atoms with E-state index in [0.717, 1.165) is 12.0 Å². The third-order valence-electron chi connectivity index (χ3n) is 4.75. The molecule has 9 heteroatoms. The van der Waals surface area contributed by atoms with E-state index in [2.05, 4.69) is 15.4 Å². The molecule has 0 radical (unpaired) electrons. The fraction of sp³-hybridized carbons (Fsp3) is 0.167. The standard InChI is InChI=1S/C24H24ClN3O4S/c1-3-14-26-23(29)19-6-4-5-7-22(19)27-24(30)20-15-17(10-13-21(20)25)28-33(31,32)18-11-8-16(2)9-12-18/h4-13,15,28H,3,14H2,1-2H3,(H,26,29)(H,27,30). The third kappa shape index (κ3) is 6.12. The van der Waals surface area contributed by atoms with Crippen molar-refractivity contribution in [3.63, 3.8) is 0 Å². The van der Waals surface area contributed by atoms with Crippen molar-refractivity contribution in [2.45, 2.75) is 25.2 Å². The molecule has 0 aliphatic heterocycles. The number of amides is 2. The molecule has 0 aliphatic rings. The number of sulfonamides is 1. The predicted molar refractivity (Wildman–Crippen MR) is 130 cm³/mol. The van der Waals surface area contributed by atoms with Crippen LogP contribution in [0.5, 0.6) is 0 Å². The van der Waals surface area contributed by atoms with Crippen LogP contribution in [0, 0.1) is 6.92 Å². The Balaban J connectivity index is 1.84. The maximum Gasteiger partial charge on any atom is 0.261 e. The van der Waals surface area contributed by atoms with Crippen LogP contribution >= 0.6 is 11.6 Å². The number of para-hydroxylation sites is 1. The zero-order valence-corrected chi connectivity index (χ0v) is 19.8. The SMILES string of the molecule is CCCNC(=O)c1ccccc1NC(=O)c1cc(NS(=O)(=O)c2ccc(C)cc2)ccc1Cl. The molecule has 7 nitrogen and oxygen atoms in total. The zero-order valence-electron chi connectivity index (χ0n) is 18.2. The fourth-order valence-corrected chi connectivity index (χ4v) is 4.26. The number of hydrogen-bond acceptors (Lipinski definition) is 4. The predicted octanol–water partition coefficient (Wildman–Crippen LogP) is 4.84. The van der Waals surface area contributed by atoms with Gasteiger partial charge in [0.15, 0.2) is 0 Å². The summed E-state index contributed by atoms with van der Waals surface area (Å²) < 4.78 is 27.8. The van der Waals surface area contributed by atoms with Gasteiger partial charge in [-0.25, -0.2) is 8.42 Å². The van der Waals surface area contributed by atoms with Crippen LogP contribution in [0.15, 0.2) is 71.6 Å². The summed E-state index contributed by atoms with van der Waals surface area (Å²) in [6.45, 7) is 4.31. The van der Waals surface area contributed by atoms with Gasteiger partial charge in [-0.3, -0.25) is 14.3 Å². The highest BCUT2D eigenvalue weighted by Gasteiger charge is 2.18. The van der Waals surface area contributed by atoms with Crippen molar-refractivity contribution < 1.29 is 18.0 Å². The molecule has 0 spiro atoms. The lowest BCUT2D eigenvalue weighted by Crippen LogP contribution is -2.25. The zero-order chi connectivity index (χ0) is 24.0. The van der Waals surface area contributed by atoms with Gasteiger partial charge in [0.1, 0.15) is 0 Å². The largest absolute Gasteiger partial charge is 0.352 e. The van der Waals surface area contributed by atoms with Gasteiger partial charge in [-0.15, -0.1) is 0 Å². The summed E-state index contributed by atoms with van der Waals surface area (Å²) in [5.74, 6) is -0.884. The number of hydrogen-bond donors (Lipinski definition) is 3. The molecule has 0 fully saturated rings. The van der Waals surface area contributed by atoms with Crippen LogP contribution < -0.4 is 15.4 Å². The molecular weight excluding hydrogens is 462 g/mol. The second kappa shape index (κ2) is 10.5. The average Bonchev–Trinajstić information content (AvgIpc) is 2.79. The lowest BCUT2D eigenvalue weighted by Gasteiger charge is -2.13. The summed E-state index contributed by atoms with van der Waals surface area (Å²) in [5, 5.41) is 5.60. The summed E-state index contributed by atoms with van der Waals surface area (Å²) in [6.07, 6.45) is 0.779. The van der Waals surface area contributed by atoms with Crippen molar-refractivity contribution >= 4 is 44.8 Å². The molecule has 0 aliphatic carbocycles. The second-order valence-corrected chi connectivity index (χ2v) is 9.46. The van der Waals surface area contributed by atoms with Crippen LogP contribution in [-0.2, 0) is 10.0 Å². The van der Waals surface area contributed by atoms with Gasteiger partial charge >= 0.3 is 0 Å². The Hall–Kier alpha value is -3.36. The van der Waals surface area contributed by atoms with E-state index in [-0.39, 0.29) is 27.1 Å². The Morgan fingerprint density at radius 2 is 1.61 bits per heavy atom. The molecule has 0 atom stereocenters. The average molecular weight is 486 g/mol. The molecular formula is C24H24ClN3O4S. The number of aryl methyl sites for hydroxylation is 1. The van der Waals surface area contributed by atoms with E-state index in [9.17, 15) is 18.0 Å². The number of halogens is 1. The van der Waals surface area contributed by atoms with Gasteiger partial charge in [0, 0.05) is 12.2 Å². The van der Waals surface area contributed by atoms with E-state index in [0.29, 0.717) is 17.8 Å². The highest BCUT2D eigenvalue weighted by atomic mass is 35.5. The van der Waals surface area contributed by atoms with Gasteiger partial charge in [0.25, 0.3) is 21.8 Å². The smallest absolute Gasteiger partial charge is 0.261 e. The molecule has 0 aromatic heterocycles. The van der Waals surface area contributed by atoms with Crippen LogP contribution in [-0.4, -0.2) is 26.8 Å². The highest BCUT2D eigenvalue weighted by molar-refractivity contribution is 7.92. The number of anilines is 2. The van der Waals surface area contributed by atoms with E-state index < -0.39 is 15.9 Å². The van der Waals surface area contributed by atoms with Crippen molar-refractivity contribution in [2.75, 3.05) is 16.6 Å². The van der Waals surface area contributed by atoms with Crippen LogP contribution in [0.1, 0.15) is 39.6 Å². The van der Waals surface area contributed by atoms with E-state index in [1.807, 2.05) is 13.8 Å². The van der Waals surface area contributed by atoms with Gasteiger partial charge in [0.2, 0.25) is 0 Å². The number of benzene rings is 3. The van der Waals surface area contributed by atoms with E-state index >= 15 is 0 Å². The normalized spacial score (nSPS) is 11.0. The number of nitrogens with one attached hydrogen (secondary N) is 3. The Labute approximate surface area is 198 Å². The summed E-state index contributed by atoms with van der Waals surface area (Å²) in [5.41, 5.74) is 1.80.